The largest absolute Gasteiger partial charge is 0.207 e. The molecule has 2 rings (SSSR count). The van der Waals surface area contributed by atoms with Crippen LogP contribution in [0.1, 0.15) is 21.5 Å². The number of alkyl halides is 1. The second kappa shape index (κ2) is 5.14. The molecule has 2 aromatic carbocycles. The van der Waals surface area contributed by atoms with Gasteiger partial charge in [-0.2, -0.15) is 0 Å². The summed E-state index contributed by atoms with van der Waals surface area (Å²) in [6, 6.07) is 8.10. The van der Waals surface area contributed by atoms with Crippen molar-refractivity contribution in [3.8, 4) is 0 Å². The molecule has 0 fully saturated rings. The van der Waals surface area contributed by atoms with Crippen LogP contribution in [0, 0.1) is 24.4 Å². The summed E-state index contributed by atoms with van der Waals surface area (Å²) in [7, 11) is 0. The van der Waals surface area contributed by atoms with Crippen LogP contribution >= 0.6 is 15.9 Å². The summed E-state index contributed by atoms with van der Waals surface area (Å²) < 4.78 is 39.0. The highest BCUT2D eigenvalue weighted by Gasteiger charge is 2.15. The molecule has 0 aromatic heterocycles. The average Bonchev–Trinajstić information content (AvgIpc) is 2.32. The van der Waals surface area contributed by atoms with Crippen LogP contribution in [0.25, 0.3) is 0 Å². The van der Waals surface area contributed by atoms with Gasteiger partial charge in [-0.1, -0.05) is 28.1 Å². The number of hydrogen-bond acceptors (Lipinski definition) is 0. The Morgan fingerprint density at radius 2 is 1.67 bits per heavy atom. The van der Waals surface area contributed by atoms with E-state index in [1.54, 1.807) is 13.0 Å². The SMILES string of the molecule is Cc1cc(F)ccc1C(Br)c1ccc(F)c(F)c1. The third-order valence-electron chi connectivity index (χ3n) is 2.74. The molecule has 0 nitrogen and oxygen atoms in total. The molecule has 0 aliphatic rings. The first-order valence-electron chi connectivity index (χ1n) is 5.34. The molecule has 0 radical (unpaired) electrons. The van der Waals surface area contributed by atoms with Crippen LogP contribution in [-0.4, -0.2) is 0 Å². The normalized spacial score (nSPS) is 12.5. The summed E-state index contributed by atoms with van der Waals surface area (Å²) in [6.45, 7) is 1.77. The number of rotatable bonds is 2. The molecule has 1 unspecified atom stereocenters. The number of benzene rings is 2. The quantitative estimate of drug-likeness (QED) is 0.692. The first-order chi connectivity index (χ1) is 8.49. The van der Waals surface area contributed by atoms with Gasteiger partial charge in [-0.15, -0.1) is 0 Å². The molecule has 0 bridgehead atoms. The van der Waals surface area contributed by atoms with E-state index < -0.39 is 11.6 Å². The van der Waals surface area contributed by atoms with Crippen molar-refractivity contribution in [2.45, 2.75) is 11.8 Å². The van der Waals surface area contributed by atoms with Crippen molar-refractivity contribution in [1.29, 1.82) is 0 Å². The molecule has 0 saturated heterocycles. The Morgan fingerprint density at radius 1 is 0.944 bits per heavy atom. The third-order valence-corrected chi connectivity index (χ3v) is 3.76. The van der Waals surface area contributed by atoms with Crippen LogP contribution in [0.5, 0.6) is 0 Å². The molecule has 2 aromatic rings. The van der Waals surface area contributed by atoms with Gasteiger partial charge in [0.2, 0.25) is 0 Å². The molecule has 0 aliphatic heterocycles. The summed E-state index contributed by atoms with van der Waals surface area (Å²) in [4.78, 5) is -0.298. The average molecular weight is 315 g/mol. The first-order valence-corrected chi connectivity index (χ1v) is 6.25. The van der Waals surface area contributed by atoms with E-state index in [2.05, 4.69) is 15.9 Å². The lowest BCUT2D eigenvalue weighted by Gasteiger charge is -2.14. The topological polar surface area (TPSA) is 0 Å². The van der Waals surface area contributed by atoms with Gasteiger partial charge >= 0.3 is 0 Å². The smallest absolute Gasteiger partial charge is 0.159 e. The zero-order valence-corrected chi connectivity index (χ0v) is 11.1. The fourth-order valence-corrected chi connectivity index (χ4v) is 2.57. The van der Waals surface area contributed by atoms with Gasteiger partial charge in [0, 0.05) is 0 Å². The molecular weight excluding hydrogens is 305 g/mol. The zero-order chi connectivity index (χ0) is 13.3. The van der Waals surface area contributed by atoms with Crippen LogP contribution in [0.4, 0.5) is 13.2 Å². The Balaban J connectivity index is 2.41. The van der Waals surface area contributed by atoms with Gasteiger partial charge in [0.1, 0.15) is 5.82 Å². The highest BCUT2D eigenvalue weighted by Crippen LogP contribution is 2.33. The van der Waals surface area contributed by atoms with E-state index in [0.717, 1.165) is 23.3 Å². The Bertz CT molecular complexity index is 581. The maximum Gasteiger partial charge on any atom is 0.159 e. The van der Waals surface area contributed by atoms with Gasteiger partial charge in [0.15, 0.2) is 11.6 Å². The molecule has 94 valence electrons. The zero-order valence-electron chi connectivity index (χ0n) is 9.55. The Morgan fingerprint density at radius 3 is 2.28 bits per heavy atom. The van der Waals surface area contributed by atoms with E-state index >= 15 is 0 Å². The lowest BCUT2D eigenvalue weighted by molar-refractivity contribution is 0.507. The van der Waals surface area contributed by atoms with E-state index in [-0.39, 0.29) is 10.6 Å². The van der Waals surface area contributed by atoms with E-state index in [1.807, 2.05) is 0 Å². The van der Waals surface area contributed by atoms with Gasteiger partial charge in [-0.05, 0) is 47.9 Å². The predicted octanol–water partition coefficient (Wildman–Crippen LogP) is 4.90. The molecular formula is C14H10BrF3. The summed E-state index contributed by atoms with van der Waals surface area (Å²) in [5.74, 6) is -2.09. The predicted molar refractivity (Wildman–Crippen MR) is 68.3 cm³/mol. The molecule has 0 N–H and O–H groups in total. The Kier molecular flexibility index (Phi) is 3.76. The fourth-order valence-electron chi connectivity index (χ4n) is 1.77. The van der Waals surface area contributed by atoms with Crippen molar-refractivity contribution in [3.63, 3.8) is 0 Å². The lowest BCUT2D eigenvalue weighted by Crippen LogP contribution is -1.98. The van der Waals surface area contributed by atoms with E-state index in [4.69, 9.17) is 0 Å². The highest BCUT2D eigenvalue weighted by molar-refractivity contribution is 9.09. The Labute approximate surface area is 112 Å². The van der Waals surface area contributed by atoms with Gasteiger partial charge in [0.25, 0.3) is 0 Å². The van der Waals surface area contributed by atoms with E-state index in [9.17, 15) is 13.2 Å². The molecule has 0 saturated carbocycles. The van der Waals surface area contributed by atoms with Crippen molar-refractivity contribution in [2.75, 3.05) is 0 Å². The molecule has 0 aliphatic carbocycles. The van der Waals surface area contributed by atoms with Crippen LogP contribution < -0.4 is 0 Å². The molecule has 0 spiro atoms. The number of aryl methyl sites for hydroxylation is 1. The van der Waals surface area contributed by atoms with Gasteiger partial charge in [0.05, 0.1) is 4.83 Å². The summed E-state index contributed by atoms with van der Waals surface area (Å²) >= 11 is 3.42. The third kappa shape index (κ3) is 2.58. The second-order valence-electron chi connectivity index (χ2n) is 4.04. The number of halogens is 4. The van der Waals surface area contributed by atoms with Gasteiger partial charge in [-0.3, -0.25) is 0 Å². The summed E-state index contributed by atoms with van der Waals surface area (Å²) in [6.07, 6.45) is 0. The number of hydrogen-bond donors (Lipinski definition) is 0. The maximum absolute atomic E-state index is 13.2. The van der Waals surface area contributed by atoms with E-state index in [0.29, 0.717) is 5.56 Å². The van der Waals surface area contributed by atoms with E-state index in [1.165, 1.54) is 18.2 Å². The van der Waals surface area contributed by atoms with Crippen LogP contribution in [0.15, 0.2) is 36.4 Å². The van der Waals surface area contributed by atoms with Crippen molar-refractivity contribution in [2.24, 2.45) is 0 Å². The first kappa shape index (κ1) is 13.1. The van der Waals surface area contributed by atoms with Crippen molar-refractivity contribution >= 4 is 15.9 Å². The minimum absolute atomic E-state index is 0.298. The second-order valence-corrected chi connectivity index (χ2v) is 4.95. The van der Waals surface area contributed by atoms with Crippen LogP contribution in [0.3, 0.4) is 0 Å². The van der Waals surface area contributed by atoms with Crippen LogP contribution in [0.2, 0.25) is 0 Å². The summed E-state index contributed by atoms with van der Waals surface area (Å²) in [5.41, 5.74) is 2.16. The molecule has 18 heavy (non-hydrogen) atoms. The van der Waals surface area contributed by atoms with Crippen molar-refractivity contribution in [1.82, 2.24) is 0 Å². The lowest BCUT2D eigenvalue weighted by atomic mass is 10.0. The molecule has 0 amide bonds. The molecule has 4 heteroatoms. The summed E-state index contributed by atoms with van der Waals surface area (Å²) in [5, 5.41) is 0. The van der Waals surface area contributed by atoms with Crippen molar-refractivity contribution in [3.05, 3.63) is 70.5 Å². The minimum atomic E-state index is -0.892. The molecule has 1 atom stereocenters. The Hall–Kier alpha value is -1.29. The highest BCUT2D eigenvalue weighted by atomic mass is 79.9. The van der Waals surface area contributed by atoms with Gasteiger partial charge in [-0.25, -0.2) is 13.2 Å². The maximum atomic E-state index is 13.2. The molecule has 0 heterocycles. The van der Waals surface area contributed by atoms with Gasteiger partial charge < -0.3 is 0 Å². The van der Waals surface area contributed by atoms with Crippen LogP contribution in [-0.2, 0) is 0 Å². The monoisotopic (exact) mass is 314 g/mol. The van der Waals surface area contributed by atoms with Crippen molar-refractivity contribution < 1.29 is 13.2 Å². The fraction of sp³-hybridized carbons (Fsp3) is 0.143. The standard InChI is InChI=1S/C14H10BrF3/c1-8-6-10(16)3-4-11(8)14(15)9-2-5-12(17)13(18)7-9/h2-7,14H,1H3. The minimum Gasteiger partial charge on any atom is -0.207 e.